The lowest BCUT2D eigenvalue weighted by molar-refractivity contribution is -0.120. The number of primary amides is 2. The topological polar surface area (TPSA) is 86.2 Å². The first kappa shape index (κ1) is 17.7. The maximum atomic E-state index is 11.3. The van der Waals surface area contributed by atoms with Crippen molar-refractivity contribution in [2.24, 2.45) is 16.9 Å². The molecule has 1 aliphatic heterocycles. The van der Waals surface area contributed by atoms with Crippen molar-refractivity contribution in [1.29, 1.82) is 0 Å². The van der Waals surface area contributed by atoms with Crippen LogP contribution in [-0.2, 0) is 9.59 Å². The van der Waals surface area contributed by atoms with E-state index in [1.807, 2.05) is 19.1 Å². The minimum absolute atomic E-state index is 0.00828. The SMILES string of the molecule is C=C(/C=C\C1=C(C)SC(=C(C(N)=O)C(N)=O)S1)C(C)(C)C. The molecule has 0 unspecified atom stereocenters. The smallest absolute Gasteiger partial charge is 0.256 e. The van der Waals surface area contributed by atoms with E-state index in [2.05, 4.69) is 27.4 Å². The molecule has 1 rings (SSSR count). The van der Waals surface area contributed by atoms with Crippen LogP contribution in [0.15, 0.2) is 43.9 Å². The van der Waals surface area contributed by atoms with Crippen LogP contribution < -0.4 is 11.5 Å². The molecule has 4 nitrogen and oxygen atoms in total. The molecule has 0 aliphatic carbocycles. The maximum Gasteiger partial charge on any atom is 0.256 e. The van der Waals surface area contributed by atoms with Gasteiger partial charge in [0.15, 0.2) is 0 Å². The molecule has 0 aromatic rings. The Hall–Kier alpha value is -1.40. The Bertz CT molecular complexity index is 577. The van der Waals surface area contributed by atoms with E-state index < -0.39 is 11.8 Å². The van der Waals surface area contributed by atoms with Crippen LogP contribution in [0.1, 0.15) is 27.7 Å². The molecule has 0 aromatic carbocycles. The third-order valence-corrected chi connectivity index (χ3v) is 5.49. The highest BCUT2D eigenvalue weighted by atomic mass is 32.2. The van der Waals surface area contributed by atoms with E-state index in [4.69, 9.17) is 11.5 Å². The summed E-state index contributed by atoms with van der Waals surface area (Å²) in [7, 11) is 0. The minimum atomic E-state index is -0.797. The molecule has 0 fully saturated rings. The van der Waals surface area contributed by atoms with E-state index in [-0.39, 0.29) is 11.0 Å². The lowest BCUT2D eigenvalue weighted by Gasteiger charge is -2.18. The van der Waals surface area contributed by atoms with Gasteiger partial charge in [0.2, 0.25) is 0 Å². The summed E-state index contributed by atoms with van der Waals surface area (Å²) in [6, 6.07) is 0. The second-order valence-electron chi connectivity index (χ2n) is 5.62. The molecule has 1 aliphatic rings. The van der Waals surface area contributed by atoms with Crippen molar-refractivity contribution in [2.45, 2.75) is 27.7 Å². The molecule has 21 heavy (non-hydrogen) atoms. The molecule has 1 heterocycles. The first-order chi connectivity index (χ1) is 9.54. The zero-order valence-corrected chi connectivity index (χ0v) is 14.3. The summed E-state index contributed by atoms with van der Waals surface area (Å²) in [4.78, 5) is 24.6. The van der Waals surface area contributed by atoms with Crippen molar-refractivity contribution in [3.05, 3.63) is 43.9 Å². The minimum Gasteiger partial charge on any atom is -0.365 e. The molecular formula is C15H20N2O2S2. The Labute approximate surface area is 133 Å². The van der Waals surface area contributed by atoms with Gasteiger partial charge in [-0.1, -0.05) is 56.9 Å². The molecule has 0 saturated carbocycles. The number of thioether (sulfide) groups is 2. The molecule has 2 amide bonds. The van der Waals surface area contributed by atoms with Gasteiger partial charge in [-0.2, -0.15) is 0 Å². The van der Waals surface area contributed by atoms with Crippen LogP contribution in [0.3, 0.4) is 0 Å². The quantitative estimate of drug-likeness (QED) is 0.360. The van der Waals surface area contributed by atoms with Crippen LogP contribution in [0, 0.1) is 5.41 Å². The predicted molar refractivity (Wildman–Crippen MR) is 91.0 cm³/mol. The highest BCUT2D eigenvalue weighted by molar-refractivity contribution is 8.28. The summed E-state index contributed by atoms with van der Waals surface area (Å²) in [5, 5.41) is 0. The molecule has 0 aromatic heterocycles. The highest BCUT2D eigenvalue weighted by Crippen LogP contribution is 2.50. The van der Waals surface area contributed by atoms with E-state index in [9.17, 15) is 9.59 Å². The fourth-order valence-electron chi connectivity index (χ4n) is 1.38. The summed E-state index contributed by atoms with van der Waals surface area (Å²) in [5.41, 5.74) is 11.3. The second kappa shape index (κ2) is 6.58. The van der Waals surface area contributed by atoms with Crippen LogP contribution >= 0.6 is 23.5 Å². The number of hydrogen-bond donors (Lipinski definition) is 2. The van der Waals surface area contributed by atoms with Gasteiger partial charge in [-0.3, -0.25) is 9.59 Å². The molecule has 6 heteroatoms. The standard InChI is InChI=1S/C15H20N2O2S2/c1-8(15(3,4)5)6-7-10-9(2)20-14(21-10)11(12(16)18)13(17)19/h6-7H,1H2,2-5H3,(H2,16,18)(H2,17,19)/b7-6-. The first-order valence-corrected chi connectivity index (χ1v) is 7.95. The average molecular weight is 324 g/mol. The number of carbonyl (C=O) groups is 2. The highest BCUT2D eigenvalue weighted by Gasteiger charge is 2.26. The van der Waals surface area contributed by atoms with Gasteiger partial charge in [-0.15, -0.1) is 0 Å². The summed E-state index contributed by atoms with van der Waals surface area (Å²) >= 11 is 2.67. The van der Waals surface area contributed by atoms with E-state index in [0.29, 0.717) is 4.24 Å². The largest absolute Gasteiger partial charge is 0.365 e. The third kappa shape index (κ3) is 4.54. The Morgan fingerprint density at radius 2 is 1.67 bits per heavy atom. The van der Waals surface area contributed by atoms with Crippen molar-refractivity contribution < 1.29 is 9.59 Å². The molecule has 114 valence electrons. The van der Waals surface area contributed by atoms with Gasteiger partial charge >= 0.3 is 0 Å². The molecule has 0 saturated heterocycles. The predicted octanol–water partition coefficient (Wildman–Crippen LogP) is 3.04. The van der Waals surface area contributed by atoms with Crippen molar-refractivity contribution in [3.63, 3.8) is 0 Å². The van der Waals surface area contributed by atoms with Gasteiger partial charge in [0, 0.05) is 9.81 Å². The van der Waals surface area contributed by atoms with Crippen molar-refractivity contribution in [3.8, 4) is 0 Å². The number of carbonyl (C=O) groups excluding carboxylic acids is 2. The summed E-state index contributed by atoms with van der Waals surface area (Å²) in [6.45, 7) is 12.2. The summed E-state index contributed by atoms with van der Waals surface area (Å²) < 4.78 is 0.536. The Morgan fingerprint density at radius 3 is 2.10 bits per heavy atom. The summed E-state index contributed by atoms with van der Waals surface area (Å²) in [5.74, 6) is -1.59. The van der Waals surface area contributed by atoms with Gasteiger partial charge in [0.05, 0.1) is 4.24 Å². The van der Waals surface area contributed by atoms with Gasteiger partial charge < -0.3 is 11.5 Å². The van der Waals surface area contributed by atoms with E-state index in [1.54, 1.807) is 0 Å². The third-order valence-electron chi connectivity index (χ3n) is 2.89. The van der Waals surface area contributed by atoms with Crippen LogP contribution in [0.25, 0.3) is 0 Å². The maximum absolute atomic E-state index is 11.3. The fraction of sp³-hybridized carbons (Fsp3) is 0.333. The van der Waals surface area contributed by atoms with Crippen LogP contribution in [0.5, 0.6) is 0 Å². The number of amides is 2. The lowest BCUT2D eigenvalue weighted by atomic mass is 9.87. The first-order valence-electron chi connectivity index (χ1n) is 6.32. The number of rotatable bonds is 4. The van der Waals surface area contributed by atoms with Crippen molar-refractivity contribution >= 4 is 35.3 Å². The molecule has 0 radical (unpaired) electrons. The van der Waals surface area contributed by atoms with Crippen LogP contribution in [-0.4, -0.2) is 11.8 Å². The molecular weight excluding hydrogens is 304 g/mol. The van der Waals surface area contributed by atoms with Gasteiger partial charge in [0.25, 0.3) is 11.8 Å². The monoisotopic (exact) mass is 324 g/mol. The second-order valence-corrected chi connectivity index (χ2v) is 8.16. The van der Waals surface area contributed by atoms with Crippen LogP contribution in [0.2, 0.25) is 0 Å². The zero-order chi connectivity index (χ0) is 16.4. The van der Waals surface area contributed by atoms with Crippen molar-refractivity contribution in [2.75, 3.05) is 0 Å². The molecule has 0 spiro atoms. The number of hydrogen-bond acceptors (Lipinski definition) is 4. The molecule has 4 N–H and O–H groups in total. The summed E-state index contributed by atoms with van der Waals surface area (Å²) in [6.07, 6.45) is 3.89. The number of allylic oxidation sites excluding steroid dienone is 4. The lowest BCUT2D eigenvalue weighted by Crippen LogP contribution is -2.26. The normalized spacial score (nSPS) is 15.7. The molecule has 0 atom stereocenters. The molecule has 0 bridgehead atoms. The Kier molecular flexibility index (Phi) is 5.53. The Morgan fingerprint density at radius 1 is 1.14 bits per heavy atom. The number of nitrogens with two attached hydrogens (primary N) is 2. The van der Waals surface area contributed by atoms with Crippen LogP contribution in [0.4, 0.5) is 0 Å². The Balaban J connectivity index is 3.00. The zero-order valence-electron chi connectivity index (χ0n) is 12.6. The van der Waals surface area contributed by atoms with Gasteiger partial charge in [0.1, 0.15) is 5.57 Å². The van der Waals surface area contributed by atoms with E-state index in [1.165, 1.54) is 23.5 Å². The van der Waals surface area contributed by atoms with Crippen molar-refractivity contribution in [1.82, 2.24) is 0 Å². The van der Waals surface area contributed by atoms with Gasteiger partial charge in [-0.25, -0.2) is 0 Å². The average Bonchev–Trinajstić information content (AvgIpc) is 2.64. The van der Waals surface area contributed by atoms with E-state index in [0.717, 1.165) is 15.4 Å². The van der Waals surface area contributed by atoms with Gasteiger partial charge in [-0.05, 0) is 24.0 Å². The fourth-order valence-corrected chi connectivity index (χ4v) is 3.98. The van der Waals surface area contributed by atoms with E-state index >= 15 is 0 Å².